The van der Waals surface area contributed by atoms with E-state index in [9.17, 15) is 14.7 Å². The van der Waals surface area contributed by atoms with Gasteiger partial charge in [-0.1, -0.05) is 48.9 Å². The highest BCUT2D eigenvalue weighted by Gasteiger charge is 2.74. The molecule has 2 aliphatic carbocycles. The van der Waals surface area contributed by atoms with Gasteiger partial charge in [0.1, 0.15) is 11.2 Å². The Labute approximate surface area is 196 Å². The third-order valence-corrected chi connectivity index (χ3v) is 10.0. The summed E-state index contributed by atoms with van der Waals surface area (Å²) in [6, 6.07) is 10.2. The first-order valence-electron chi connectivity index (χ1n) is 12.6. The van der Waals surface area contributed by atoms with Crippen molar-refractivity contribution in [2.24, 2.45) is 40.9 Å². The molecular weight excluding hydrogens is 414 g/mol. The molecule has 2 bridgehead atoms. The van der Waals surface area contributed by atoms with Crippen molar-refractivity contribution in [3.8, 4) is 0 Å². The smallest absolute Gasteiger partial charge is 0.234 e. The van der Waals surface area contributed by atoms with E-state index in [4.69, 9.17) is 4.74 Å². The highest BCUT2D eigenvalue weighted by Crippen LogP contribution is 2.66. The van der Waals surface area contributed by atoms with Crippen LogP contribution in [0.15, 0.2) is 42.0 Å². The highest BCUT2D eigenvalue weighted by atomic mass is 16.5. The summed E-state index contributed by atoms with van der Waals surface area (Å²) in [4.78, 5) is 28.0. The number of allylic oxidation sites excluding steroid dienone is 2. The molecule has 5 heteroatoms. The van der Waals surface area contributed by atoms with E-state index in [0.717, 1.165) is 19.3 Å². The number of rotatable bonds is 3. The zero-order valence-electron chi connectivity index (χ0n) is 19.8. The molecule has 33 heavy (non-hydrogen) atoms. The van der Waals surface area contributed by atoms with E-state index in [1.165, 1.54) is 11.1 Å². The number of amides is 1. The number of carbonyl (C=O) groups is 2. The van der Waals surface area contributed by atoms with Crippen LogP contribution in [0.3, 0.4) is 0 Å². The van der Waals surface area contributed by atoms with Gasteiger partial charge in [-0.15, -0.1) is 0 Å². The molecule has 3 heterocycles. The fourth-order valence-electron chi connectivity index (χ4n) is 8.76. The number of hydrogen-bond donors (Lipinski definition) is 2. The van der Waals surface area contributed by atoms with Crippen molar-refractivity contribution >= 4 is 11.7 Å². The maximum Gasteiger partial charge on any atom is 0.234 e. The van der Waals surface area contributed by atoms with Crippen molar-refractivity contribution in [3.05, 3.63) is 47.5 Å². The first-order valence-corrected chi connectivity index (χ1v) is 12.6. The zero-order chi connectivity index (χ0) is 23.1. The molecule has 0 aromatic heterocycles. The Morgan fingerprint density at radius 3 is 2.67 bits per heavy atom. The van der Waals surface area contributed by atoms with Gasteiger partial charge >= 0.3 is 0 Å². The predicted octanol–water partition coefficient (Wildman–Crippen LogP) is 3.31. The van der Waals surface area contributed by atoms with E-state index >= 15 is 0 Å². The minimum atomic E-state index is -1.00. The molecule has 4 fully saturated rings. The second-order valence-electron chi connectivity index (χ2n) is 11.7. The summed E-state index contributed by atoms with van der Waals surface area (Å²) in [7, 11) is 0. The van der Waals surface area contributed by atoms with Crippen LogP contribution < -0.4 is 5.32 Å². The number of benzene rings is 1. The molecule has 3 aliphatic heterocycles. The molecule has 1 aromatic carbocycles. The number of aliphatic hydroxyl groups is 1. The van der Waals surface area contributed by atoms with Crippen LogP contribution in [0.5, 0.6) is 0 Å². The molecule has 0 radical (unpaired) electrons. The highest BCUT2D eigenvalue weighted by molar-refractivity contribution is 6.10. The molecule has 6 rings (SSSR count). The maximum atomic E-state index is 14.1. The summed E-state index contributed by atoms with van der Waals surface area (Å²) in [5, 5.41) is 13.2. The molecule has 10 unspecified atom stereocenters. The molecule has 1 amide bonds. The van der Waals surface area contributed by atoms with Crippen LogP contribution in [0, 0.1) is 40.9 Å². The Kier molecular flexibility index (Phi) is 4.74. The lowest BCUT2D eigenvalue weighted by atomic mass is 9.46. The molecule has 3 saturated heterocycles. The van der Waals surface area contributed by atoms with E-state index < -0.39 is 11.0 Å². The summed E-state index contributed by atoms with van der Waals surface area (Å²) < 4.78 is 6.60. The molecule has 1 saturated carbocycles. The van der Waals surface area contributed by atoms with Crippen LogP contribution in [0.4, 0.5) is 0 Å². The van der Waals surface area contributed by atoms with Gasteiger partial charge in [0.2, 0.25) is 5.91 Å². The Morgan fingerprint density at radius 2 is 1.94 bits per heavy atom. The molecule has 2 N–H and O–H groups in total. The average Bonchev–Trinajstić information content (AvgIpc) is 3.18. The van der Waals surface area contributed by atoms with E-state index in [1.54, 1.807) is 0 Å². The summed E-state index contributed by atoms with van der Waals surface area (Å²) in [5.74, 6) is 0.483. The van der Waals surface area contributed by atoms with Gasteiger partial charge in [-0.25, -0.2) is 0 Å². The Hall–Kier alpha value is -1.98. The van der Waals surface area contributed by atoms with Gasteiger partial charge in [0.25, 0.3) is 0 Å². The standard InChI is InChI=1S/C28H35NO4/c1-15-9-20-25-19(22-11-18(14-30)13-27(25,3)33-22)12-23(31)28(20)24(16(15)2)21(29-26(28)32)10-17-7-5-4-6-8-17/h4-9,16,18-22,24-25,30H,10-14H2,1-3H3,(H,29,32). The monoisotopic (exact) mass is 449 g/mol. The lowest BCUT2D eigenvalue weighted by Crippen LogP contribution is -2.61. The SMILES string of the molecule is CC1=CC2C3C(CC(=O)C24C(=O)NC(Cc2ccccc2)C4C1C)C1CC(CO)CC3(C)O1. The molecule has 1 spiro atoms. The minimum Gasteiger partial charge on any atom is -0.396 e. The fourth-order valence-corrected chi connectivity index (χ4v) is 8.76. The molecule has 10 atom stereocenters. The number of hydrogen-bond acceptors (Lipinski definition) is 4. The summed E-state index contributed by atoms with van der Waals surface area (Å²) in [6.07, 6.45) is 5.04. The van der Waals surface area contributed by atoms with Crippen molar-refractivity contribution in [1.82, 2.24) is 5.32 Å². The second-order valence-corrected chi connectivity index (χ2v) is 11.7. The quantitative estimate of drug-likeness (QED) is 0.548. The second kappa shape index (κ2) is 7.26. The van der Waals surface area contributed by atoms with Crippen molar-refractivity contribution in [2.75, 3.05) is 6.61 Å². The summed E-state index contributed by atoms with van der Waals surface area (Å²) >= 11 is 0. The van der Waals surface area contributed by atoms with Crippen LogP contribution in [0.2, 0.25) is 0 Å². The van der Waals surface area contributed by atoms with Gasteiger partial charge in [0.05, 0.1) is 11.7 Å². The summed E-state index contributed by atoms with van der Waals surface area (Å²) in [5.41, 5.74) is 1.07. The van der Waals surface area contributed by atoms with Crippen molar-refractivity contribution in [1.29, 1.82) is 0 Å². The number of ether oxygens (including phenoxy) is 1. The van der Waals surface area contributed by atoms with Gasteiger partial charge in [0.15, 0.2) is 0 Å². The first kappa shape index (κ1) is 21.5. The van der Waals surface area contributed by atoms with Crippen LogP contribution in [0.1, 0.15) is 45.6 Å². The van der Waals surface area contributed by atoms with E-state index in [1.807, 2.05) is 18.2 Å². The Bertz CT molecular complexity index is 1020. The van der Waals surface area contributed by atoms with Gasteiger partial charge < -0.3 is 15.2 Å². The number of ketones is 1. The summed E-state index contributed by atoms with van der Waals surface area (Å²) in [6.45, 7) is 6.69. The minimum absolute atomic E-state index is 0.00304. The number of carbonyl (C=O) groups excluding carboxylic acids is 2. The van der Waals surface area contributed by atoms with Gasteiger partial charge in [-0.3, -0.25) is 9.59 Å². The fraction of sp³-hybridized carbons (Fsp3) is 0.643. The predicted molar refractivity (Wildman–Crippen MR) is 124 cm³/mol. The lowest BCUT2D eigenvalue weighted by molar-refractivity contribution is -0.157. The number of Topliss-reactive ketones (excluding diaryl/α,β-unsaturated/α-hetero) is 1. The molecule has 176 valence electrons. The molecule has 5 nitrogen and oxygen atoms in total. The van der Waals surface area contributed by atoms with Crippen molar-refractivity contribution < 1.29 is 19.4 Å². The lowest BCUT2D eigenvalue weighted by Gasteiger charge is -2.53. The van der Waals surface area contributed by atoms with Gasteiger partial charge in [-0.2, -0.15) is 0 Å². The van der Waals surface area contributed by atoms with E-state index in [-0.39, 0.29) is 66.0 Å². The third-order valence-electron chi connectivity index (χ3n) is 10.0. The Morgan fingerprint density at radius 1 is 1.18 bits per heavy atom. The van der Waals surface area contributed by atoms with E-state index in [0.29, 0.717) is 6.42 Å². The average molecular weight is 450 g/mol. The van der Waals surface area contributed by atoms with Crippen LogP contribution in [-0.4, -0.2) is 41.2 Å². The van der Waals surface area contributed by atoms with E-state index in [2.05, 4.69) is 44.3 Å². The number of fused-ring (bicyclic) bond motifs is 6. The van der Waals surface area contributed by atoms with Crippen LogP contribution >= 0.6 is 0 Å². The molecule has 5 aliphatic rings. The van der Waals surface area contributed by atoms with Crippen LogP contribution in [-0.2, 0) is 20.7 Å². The largest absolute Gasteiger partial charge is 0.396 e. The number of nitrogens with one attached hydrogen (secondary N) is 1. The topological polar surface area (TPSA) is 75.6 Å². The molecular formula is C28H35NO4. The van der Waals surface area contributed by atoms with Crippen molar-refractivity contribution in [2.45, 2.75) is 64.2 Å². The number of aliphatic hydroxyl groups excluding tert-OH is 1. The van der Waals surface area contributed by atoms with Crippen molar-refractivity contribution in [3.63, 3.8) is 0 Å². The zero-order valence-corrected chi connectivity index (χ0v) is 19.8. The van der Waals surface area contributed by atoms with Gasteiger partial charge in [0, 0.05) is 36.8 Å². The normalized spacial score (nSPS) is 47.9. The first-order chi connectivity index (χ1) is 15.8. The molecule has 1 aromatic rings. The third kappa shape index (κ3) is 2.78. The van der Waals surface area contributed by atoms with Crippen LogP contribution in [0.25, 0.3) is 0 Å². The Balaban J connectivity index is 1.46. The maximum absolute atomic E-state index is 14.1. The van der Waals surface area contributed by atoms with Gasteiger partial charge in [-0.05, 0) is 56.4 Å².